The Hall–Kier alpha value is -3.17. The lowest BCUT2D eigenvalue weighted by molar-refractivity contribution is -0.386. The highest BCUT2D eigenvalue weighted by atomic mass is 16.6. The van der Waals surface area contributed by atoms with Gasteiger partial charge in [0.1, 0.15) is 0 Å². The zero-order chi connectivity index (χ0) is 15.9. The molecule has 0 atom stereocenters. The number of aromatic hydroxyl groups is 2. The number of phenolic OH excluding ortho intramolecular Hbond substituents is 2. The predicted octanol–water partition coefficient (Wildman–Crippen LogP) is 1.37. The van der Waals surface area contributed by atoms with E-state index in [0.29, 0.717) is 0 Å². The minimum Gasteiger partial charge on any atom is -0.504 e. The van der Waals surface area contributed by atoms with Crippen molar-refractivity contribution in [3.8, 4) is 22.9 Å². The van der Waals surface area contributed by atoms with Crippen molar-refractivity contribution in [3.63, 3.8) is 0 Å². The van der Waals surface area contributed by atoms with Crippen molar-refractivity contribution < 1.29 is 29.6 Å². The lowest BCUT2D eigenvalue weighted by Gasteiger charge is -2.10. The molecule has 0 saturated carbocycles. The normalized spacial score (nSPS) is 10.6. The molecule has 0 spiro atoms. The Morgan fingerprint density at radius 1 is 1.29 bits per heavy atom. The first-order valence-electron chi connectivity index (χ1n) is 5.52. The Labute approximate surface area is 116 Å². The summed E-state index contributed by atoms with van der Waals surface area (Å²) < 4.78 is 4.71. The maximum absolute atomic E-state index is 11.4. The summed E-state index contributed by atoms with van der Waals surface area (Å²) >= 11 is 0. The van der Waals surface area contributed by atoms with Gasteiger partial charge in [0.25, 0.3) is 0 Å². The Morgan fingerprint density at radius 2 is 1.90 bits per heavy atom. The summed E-state index contributed by atoms with van der Waals surface area (Å²) in [5, 5.41) is 43.1. The first-order chi connectivity index (χ1) is 9.75. The number of carbonyl (C=O) groups is 1. The van der Waals surface area contributed by atoms with Gasteiger partial charge in [-0.3, -0.25) is 10.1 Å². The number of nitrogens with zero attached hydrogens (tertiary/aromatic N) is 3. The van der Waals surface area contributed by atoms with Gasteiger partial charge in [0.05, 0.1) is 10.5 Å². The second-order valence-corrected chi connectivity index (χ2v) is 4.12. The largest absolute Gasteiger partial charge is 0.504 e. The third kappa shape index (κ3) is 2.12. The first kappa shape index (κ1) is 14.2. The molecule has 21 heavy (non-hydrogen) atoms. The van der Waals surface area contributed by atoms with Crippen LogP contribution in [0.3, 0.4) is 0 Å². The van der Waals surface area contributed by atoms with Crippen molar-refractivity contribution in [2.24, 2.45) is 0 Å². The summed E-state index contributed by atoms with van der Waals surface area (Å²) in [6.07, 6.45) is 0. The topological polar surface area (TPSA) is 160 Å². The molecule has 0 radical (unpaired) electrons. The highest BCUT2D eigenvalue weighted by Gasteiger charge is 2.35. The molecule has 0 unspecified atom stereocenters. The fourth-order valence-corrected chi connectivity index (χ4v) is 1.90. The van der Waals surface area contributed by atoms with E-state index in [1.807, 2.05) is 0 Å². The van der Waals surface area contributed by atoms with Crippen LogP contribution >= 0.6 is 0 Å². The zero-order valence-corrected chi connectivity index (χ0v) is 10.8. The molecule has 0 bridgehead atoms. The minimum absolute atomic E-state index is 0.107. The fraction of sp³-hybridized carbons (Fsp3) is 0.182. The Morgan fingerprint density at radius 3 is 2.33 bits per heavy atom. The molecule has 1 heterocycles. The number of aryl methyl sites for hydroxylation is 1. The number of phenols is 2. The molecule has 0 aliphatic rings. The predicted molar refractivity (Wildman–Crippen MR) is 66.2 cm³/mol. The molecule has 1 aromatic carbocycles. The van der Waals surface area contributed by atoms with Gasteiger partial charge in [-0.2, -0.15) is 4.98 Å². The summed E-state index contributed by atoms with van der Waals surface area (Å²) in [5.74, 6) is -3.74. The van der Waals surface area contributed by atoms with Crippen LogP contribution in [0.25, 0.3) is 11.4 Å². The van der Waals surface area contributed by atoms with E-state index >= 15 is 0 Å². The average Bonchev–Trinajstić information content (AvgIpc) is 2.81. The van der Waals surface area contributed by atoms with Crippen molar-refractivity contribution in [2.75, 3.05) is 0 Å². The number of benzene rings is 1. The number of nitro benzene ring substituents is 1. The van der Waals surface area contributed by atoms with Crippen molar-refractivity contribution >= 4 is 11.7 Å². The third-order valence-corrected chi connectivity index (χ3v) is 2.81. The van der Waals surface area contributed by atoms with Crippen LogP contribution in [-0.4, -0.2) is 36.4 Å². The zero-order valence-electron chi connectivity index (χ0n) is 10.8. The molecule has 10 heteroatoms. The highest BCUT2D eigenvalue weighted by molar-refractivity contribution is 6.02. The second-order valence-electron chi connectivity index (χ2n) is 4.12. The quantitative estimate of drug-likeness (QED) is 0.431. The van der Waals surface area contributed by atoms with Crippen molar-refractivity contribution in [1.29, 1.82) is 0 Å². The molecule has 3 N–H and O–H groups in total. The van der Waals surface area contributed by atoms with Crippen LogP contribution in [0.1, 0.15) is 21.8 Å². The van der Waals surface area contributed by atoms with Gasteiger partial charge in [-0.05, 0) is 6.92 Å². The lowest BCUT2D eigenvalue weighted by atomic mass is 9.97. The molecule has 0 amide bonds. The molecule has 2 aromatic rings. The number of hydrogen-bond donors (Lipinski definition) is 3. The van der Waals surface area contributed by atoms with Gasteiger partial charge in [-0.1, -0.05) is 5.16 Å². The fourth-order valence-electron chi connectivity index (χ4n) is 1.90. The van der Waals surface area contributed by atoms with Gasteiger partial charge in [-0.25, -0.2) is 4.79 Å². The molecular formula is C11H9N3O7. The minimum atomic E-state index is -1.67. The van der Waals surface area contributed by atoms with Gasteiger partial charge in [0.2, 0.25) is 17.5 Å². The third-order valence-electron chi connectivity index (χ3n) is 2.81. The van der Waals surface area contributed by atoms with Gasteiger partial charge in [0, 0.05) is 12.5 Å². The SMILES string of the molecule is Cc1nc(-c2c(C)c(O)c(O)c([N+](=O)[O-])c2C(=O)O)no1. The molecule has 0 saturated heterocycles. The Kier molecular flexibility index (Phi) is 3.21. The molecule has 2 rings (SSSR count). The number of hydrogen-bond acceptors (Lipinski definition) is 8. The smallest absolute Gasteiger partial charge is 0.343 e. The van der Waals surface area contributed by atoms with Crippen LogP contribution in [0.4, 0.5) is 5.69 Å². The van der Waals surface area contributed by atoms with E-state index < -0.39 is 33.6 Å². The standard InChI is InChI=1S/C11H9N3O7/c1-3-5(10-12-4(2)21-13-10)6(11(17)18)7(14(19)20)9(16)8(3)15/h15-16H,1-2H3,(H,17,18). The van der Waals surface area contributed by atoms with Gasteiger partial charge >= 0.3 is 11.7 Å². The van der Waals surface area contributed by atoms with Crippen LogP contribution in [0.2, 0.25) is 0 Å². The molecule has 0 aliphatic heterocycles. The van der Waals surface area contributed by atoms with Gasteiger partial charge < -0.3 is 19.8 Å². The Bertz CT molecular complexity index is 766. The number of rotatable bonds is 3. The molecule has 1 aromatic heterocycles. The van der Waals surface area contributed by atoms with Crippen LogP contribution in [-0.2, 0) is 0 Å². The highest BCUT2D eigenvalue weighted by Crippen LogP contribution is 2.46. The van der Waals surface area contributed by atoms with E-state index in [2.05, 4.69) is 10.1 Å². The maximum atomic E-state index is 11.4. The first-order valence-corrected chi connectivity index (χ1v) is 5.52. The van der Waals surface area contributed by atoms with E-state index in [1.165, 1.54) is 13.8 Å². The summed E-state index contributed by atoms with van der Waals surface area (Å²) in [6.45, 7) is 2.72. The van der Waals surface area contributed by atoms with Crippen LogP contribution in [0, 0.1) is 24.0 Å². The summed E-state index contributed by atoms with van der Waals surface area (Å²) in [4.78, 5) is 25.1. The number of carboxylic acid groups (broad SMARTS) is 1. The van der Waals surface area contributed by atoms with Gasteiger partial charge in [-0.15, -0.1) is 0 Å². The summed E-state index contributed by atoms with van der Waals surface area (Å²) in [5.41, 5.74) is -2.37. The van der Waals surface area contributed by atoms with E-state index in [4.69, 9.17) is 4.52 Å². The van der Waals surface area contributed by atoms with Crippen LogP contribution in [0.5, 0.6) is 11.5 Å². The molecule has 0 aliphatic carbocycles. The molecule has 0 fully saturated rings. The number of aromatic nitrogens is 2. The van der Waals surface area contributed by atoms with Crippen molar-refractivity contribution in [2.45, 2.75) is 13.8 Å². The van der Waals surface area contributed by atoms with E-state index in [1.54, 1.807) is 0 Å². The van der Waals surface area contributed by atoms with E-state index in [-0.39, 0.29) is 22.8 Å². The number of carboxylic acids is 1. The van der Waals surface area contributed by atoms with Gasteiger partial charge in [0.15, 0.2) is 11.3 Å². The van der Waals surface area contributed by atoms with Crippen LogP contribution < -0.4 is 0 Å². The van der Waals surface area contributed by atoms with Crippen molar-refractivity contribution in [1.82, 2.24) is 10.1 Å². The lowest BCUT2D eigenvalue weighted by Crippen LogP contribution is -2.08. The molecular weight excluding hydrogens is 286 g/mol. The molecule has 10 nitrogen and oxygen atoms in total. The Balaban J connectivity index is 2.98. The monoisotopic (exact) mass is 295 g/mol. The average molecular weight is 295 g/mol. The number of nitro groups is 1. The maximum Gasteiger partial charge on any atom is 0.343 e. The number of aromatic carboxylic acids is 1. The van der Waals surface area contributed by atoms with Crippen LogP contribution in [0.15, 0.2) is 4.52 Å². The van der Waals surface area contributed by atoms with E-state index in [0.717, 1.165) is 0 Å². The second kappa shape index (κ2) is 4.74. The summed E-state index contributed by atoms with van der Waals surface area (Å²) in [7, 11) is 0. The van der Waals surface area contributed by atoms with E-state index in [9.17, 15) is 30.2 Å². The van der Waals surface area contributed by atoms with Crippen molar-refractivity contribution in [3.05, 3.63) is 27.1 Å². The summed E-state index contributed by atoms with van der Waals surface area (Å²) in [6, 6.07) is 0. The molecule has 110 valence electrons.